The van der Waals surface area contributed by atoms with Gasteiger partial charge in [0.25, 0.3) is 5.91 Å². The number of carbonyl (C=O) groups excluding carboxylic acids is 1. The number of methoxy groups -OCH3 is 2. The van der Waals surface area contributed by atoms with Crippen molar-refractivity contribution in [3.63, 3.8) is 0 Å². The minimum Gasteiger partial charge on any atom is -0.497 e. The first-order chi connectivity index (χ1) is 15.6. The molecule has 0 aliphatic carbocycles. The summed E-state index contributed by atoms with van der Waals surface area (Å²) < 4.78 is 10.5. The maximum atomic E-state index is 12.3. The van der Waals surface area contributed by atoms with Crippen molar-refractivity contribution in [3.8, 4) is 11.5 Å². The Balaban J connectivity index is 0.00000385. The van der Waals surface area contributed by atoms with Gasteiger partial charge in [0, 0.05) is 56.6 Å². The van der Waals surface area contributed by atoms with Crippen LogP contribution in [0.25, 0.3) is 0 Å². The Bertz CT molecular complexity index is 899. The first kappa shape index (κ1) is 26.6. The van der Waals surface area contributed by atoms with Crippen molar-refractivity contribution >= 4 is 41.5 Å². The number of anilines is 1. The van der Waals surface area contributed by atoms with Gasteiger partial charge in [-0.2, -0.15) is 0 Å². The van der Waals surface area contributed by atoms with Gasteiger partial charge in [-0.05, 0) is 43.3 Å². The second-order valence-electron chi connectivity index (χ2n) is 7.40. The molecule has 0 bridgehead atoms. The highest BCUT2D eigenvalue weighted by molar-refractivity contribution is 14.0. The molecule has 1 heterocycles. The summed E-state index contributed by atoms with van der Waals surface area (Å²) >= 11 is 0. The molecule has 9 heteroatoms. The minimum absolute atomic E-state index is 0. The Kier molecular flexibility index (Phi) is 11.1. The SMILES string of the molecule is CCNC(=NCCNC(=O)c1ccc(OC)cc1)N1CCN(c2cccc(OC)c2)CC1.I. The molecule has 0 unspecified atom stereocenters. The van der Waals surface area contributed by atoms with E-state index in [1.54, 1.807) is 38.5 Å². The molecule has 2 aromatic rings. The average Bonchev–Trinajstić information content (AvgIpc) is 2.86. The van der Waals surface area contributed by atoms with Crippen molar-refractivity contribution < 1.29 is 14.3 Å². The van der Waals surface area contributed by atoms with Crippen LogP contribution in [0, 0.1) is 0 Å². The molecule has 0 radical (unpaired) electrons. The molecular formula is C24H34IN5O3. The van der Waals surface area contributed by atoms with Gasteiger partial charge in [-0.15, -0.1) is 24.0 Å². The van der Waals surface area contributed by atoms with Crippen LogP contribution in [0.2, 0.25) is 0 Å². The molecule has 33 heavy (non-hydrogen) atoms. The lowest BCUT2D eigenvalue weighted by Gasteiger charge is -2.37. The summed E-state index contributed by atoms with van der Waals surface area (Å²) in [5, 5.41) is 6.29. The van der Waals surface area contributed by atoms with Gasteiger partial charge in [-0.25, -0.2) is 0 Å². The van der Waals surface area contributed by atoms with Crippen LogP contribution < -0.4 is 25.0 Å². The third-order valence-corrected chi connectivity index (χ3v) is 5.34. The minimum atomic E-state index is -0.111. The van der Waals surface area contributed by atoms with Gasteiger partial charge in [0.05, 0.1) is 20.8 Å². The fourth-order valence-electron chi connectivity index (χ4n) is 3.59. The summed E-state index contributed by atoms with van der Waals surface area (Å²) in [6, 6.07) is 15.2. The molecule has 1 saturated heterocycles. The number of amides is 1. The number of hydrogen-bond donors (Lipinski definition) is 2. The number of rotatable bonds is 8. The molecule has 2 N–H and O–H groups in total. The summed E-state index contributed by atoms with van der Waals surface area (Å²) in [5.74, 6) is 2.38. The zero-order chi connectivity index (χ0) is 22.8. The van der Waals surface area contributed by atoms with E-state index in [-0.39, 0.29) is 29.9 Å². The number of benzene rings is 2. The largest absolute Gasteiger partial charge is 0.497 e. The van der Waals surface area contributed by atoms with Crippen molar-refractivity contribution in [2.24, 2.45) is 4.99 Å². The Labute approximate surface area is 213 Å². The van der Waals surface area contributed by atoms with E-state index in [4.69, 9.17) is 14.5 Å². The van der Waals surface area contributed by atoms with Crippen LogP contribution in [0.4, 0.5) is 5.69 Å². The van der Waals surface area contributed by atoms with Crippen molar-refractivity contribution in [2.45, 2.75) is 6.92 Å². The molecule has 180 valence electrons. The fraction of sp³-hybridized carbons (Fsp3) is 0.417. The number of guanidine groups is 1. The Hall–Kier alpha value is -2.69. The van der Waals surface area contributed by atoms with E-state index in [9.17, 15) is 4.79 Å². The smallest absolute Gasteiger partial charge is 0.251 e. The molecular weight excluding hydrogens is 533 g/mol. The van der Waals surface area contributed by atoms with Crippen LogP contribution in [0.3, 0.4) is 0 Å². The third kappa shape index (κ3) is 7.69. The van der Waals surface area contributed by atoms with Crippen LogP contribution in [0.1, 0.15) is 17.3 Å². The quantitative estimate of drug-likeness (QED) is 0.221. The molecule has 0 atom stereocenters. The highest BCUT2D eigenvalue weighted by atomic mass is 127. The molecule has 0 aromatic heterocycles. The van der Waals surface area contributed by atoms with Crippen molar-refractivity contribution in [2.75, 3.05) is 64.9 Å². The molecule has 1 aliphatic rings. The van der Waals surface area contributed by atoms with Crippen molar-refractivity contribution in [1.29, 1.82) is 0 Å². The zero-order valence-electron chi connectivity index (χ0n) is 19.5. The van der Waals surface area contributed by atoms with Crippen LogP contribution in [0.5, 0.6) is 11.5 Å². The molecule has 3 rings (SSSR count). The van der Waals surface area contributed by atoms with Crippen LogP contribution in [0.15, 0.2) is 53.5 Å². The average molecular weight is 567 g/mol. The van der Waals surface area contributed by atoms with E-state index in [2.05, 4.69) is 39.5 Å². The van der Waals surface area contributed by atoms with Gasteiger partial charge in [0.15, 0.2) is 5.96 Å². The van der Waals surface area contributed by atoms with Gasteiger partial charge in [0.1, 0.15) is 11.5 Å². The fourth-order valence-corrected chi connectivity index (χ4v) is 3.59. The van der Waals surface area contributed by atoms with Gasteiger partial charge >= 0.3 is 0 Å². The number of ether oxygens (including phenoxy) is 2. The molecule has 1 amide bonds. The third-order valence-electron chi connectivity index (χ3n) is 5.34. The van der Waals surface area contributed by atoms with Gasteiger partial charge < -0.3 is 29.9 Å². The van der Waals surface area contributed by atoms with Crippen LogP contribution in [-0.4, -0.2) is 76.8 Å². The second-order valence-corrected chi connectivity index (χ2v) is 7.40. The van der Waals surface area contributed by atoms with E-state index in [1.807, 2.05) is 12.1 Å². The summed E-state index contributed by atoms with van der Waals surface area (Å²) in [6.07, 6.45) is 0. The number of halogens is 1. The van der Waals surface area contributed by atoms with Gasteiger partial charge in [-0.3, -0.25) is 9.79 Å². The number of nitrogens with zero attached hydrogens (tertiary/aromatic N) is 3. The molecule has 0 spiro atoms. The van der Waals surface area contributed by atoms with E-state index < -0.39 is 0 Å². The molecule has 0 saturated carbocycles. The first-order valence-electron chi connectivity index (χ1n) is 11.0. The van der Waals surface area contributed by atoms with Crippen LogP contribution >= 0.6 is 24.0 Å². The van der Waals surface area contributed by atoms with E-state index >= 15 is 0 Å². The molecule has 8 nitrogen and oxygen atoms in total. The maximum Gasteiger partial charge on any atom is 0.251 e. The number of nitrogens with one attached hydrogen (secondary N) is 2. The Morgan fingerprint density at radius 1 is 0.970 bits per heavy atom. The monoisotopic (exact) mass is 567 g/mol. The second kappa shape index (κ2) is 13.8. The van der Waals surface area contributed by atoms with Crippen LogP contribution in [-0.2, 0) is 0 Å². The van der Waals surface area contributed by atoms with Crippen molar-refractivity contribution in [1.82, 2.24) is 15.5 Å². The number of aliphatic imine (C=N–C) groups is 1. The van der Waals surface area contributed by atoms with Crippen molar-refractivity contribution in [3.05, 3.63) is 54.1 Å². The van der Waals surface area contributed by atoms with E-state index in [0.717, 1.165) is 50.2 Å². The summed E-state index contributed by atoms with van der Waals surface area (Å²) in [6.45, 7) is 7.42. The highest BCUT2D eigenvalue weighted by Gasteiger charge is 2.20. The molecule has 2 aromatic carbocycles. The maximum absolute atomic E-state index is 12.3. The van der Waals surface area contributed by atoms with Gasteiger partial charge in [-0.1, -0.05) is 6.07 Å². The standard InChI is InChI=1S/C24H33N5O3.HI/c1-4-25-24(27-13-12-26-23(30)19-8-10-21(31-2)11-9-19)29-16-14-28(15-17-29)20-6-5-7-22(18-20)32-3;/h5-11,18H,4,12-17H2,1-3H3,(H,25,27)(H,26,30);1H. The lowest BCUT2D eigenvalue weighted by atomic mass is 10.2. The molecule has 1 fully saturated rings. The first-order valence-corrected chi connectivity index (χ1v) is 11.0. The number of carbonyl (C=O) groups is 1. The lowest BCUT2D eigenvalue weighted by molar-refractivity contribution is 0.0954. The number of hydrogen-bond acceptors (Lipinski definition) is 5. The summed E-state index contributed by atoms with van der Waals surface area (Å²) in [5.41, 5.74) is 1.78. The predicted molar refractivity (Wildman–Crippen MR) is 144 cm³/mol. The lowest BCUT2D eigenvalue weighted by Crippen LogP contribution is -2.52. The van der Waals surface area contributed by atoms with Gasteiger partial charge in [0.2, 0.25) is 0 Å². The molecule has 1 aliphatic heterocycles. The topological polar surface area (TPSA) is 78.4 Å². The zero-order valence-corrected chi connectivity index (χ0v) is 21.9. The Morgan fingerprint density at radius 3 is 2.30 bits per heavy atom. The summed E-state index contributed by atoms with van der Waals surface area (Å²) in [7, 11) is 3.29. The predicted octanol–water partition coefficient (Wildman–Crippen LogP) is 2.84. The normalized spacial score (nSPS) is 13.7. The summed E-state index contributed by atoms with van der Waals surface area (Å²) in [4.78, 5) is 21.6. The van der Waals surface area contributed by atoms with E-state index in [1.165, 1.54) is 5.69 Å². The highest BCUT2D eigenvalue weighted by Crippen LogP contribution is 2.22. The number of piperazine rings is 1. The Morgan fingerprint density at radius 2 is 1.67 bits per heavy atom. The van der Waals surface area contributed by atoms with E-state index in [0.29, 0.717) is 18.7 Å².